The van der Waals surface area contributed by atoms with E-state index in [9.17, 15) is 29.8 Å². The number of hydrogen-bond acceptors (Lipinski definition) is 5. The quantitative estimate of drug-likeness (QED) is 0.426. The highest BCUT2D eigenvalue weighted by atomic mass is 32.3. The minimum atomic E-state index is -6.05. The normalized spacial score (nSPS) is 14.0. The van der Waals surface area contributed by atoms with Crippen LogP contribution in [0.2, 0.25) is 0 Å². The first-order chi connectivity index (χ1) is 4.15. The summed E-state index contributed by atoms with van der Waals surface area (Å²) in [4.78, 5) is 0. The standard InChI is InChI=1S/F2NO5S2/c1-9(5,6)3(4)10(2,7)8/q-1. The lowest BCUT2D eigenvalue weighted by molar-refractivity contribution is 0.482. The van der Waals surface area contributed by atoms with Crippen molar-refractivity contribution in [3.05, 3.63) is 5.21 Å². The molecule has 0 aromatic carbocycles. The zero-order chi connectivity index (χ0) is 8.58. The van der Waals surface area contributed by atoms with Crippen molar-refractivity contribution in [2.75, 3.05) is 0 Å². The van der Waals surface area contributed by atoms with Crippen molar-refractivity contribution >= 4 is 20.8 Å². The van der Waals surface area contributed by atoms with E-state index in [1.54, 1.807) is 0 Å². The van der Waals surface area contributed by atoms with Crippen LogP contribution < -0.4 is 0 Å². The molecule has 10 heteroatoms. The molecule has 10 heavy (non-hydrogen) atoms. The Balaban J connectivity index is 4.94. The molecule has 0 spiro atoms. The molecule has 6 nitrogen and oxygen atoms in total. The molecule has 0 bridgehead atoms. The molecule has 0 fully saturated rings. The summed E-state index contributed by atoms with van der Waals surface area (Å²) in [6.45, 7) is 0. The lowest BCUT2D eigenvalue weighted by atomic mass is 13.5. The van der Waals surface area contributed by atoms with Crippen LogP contribution in [0.1, 0.15) is 0 Å². The molecule has 0 unspecified atom stereocenters. The summed E-state index contributed by atoms with van der Waals surface area (Å²) in [5.74, 6) is 0. The van der Waals surface area contributed by atoms with E-state index < -0.39 is 24.7 Å². The van der Waals surface area contributed by atoms with Gasteiger partial charge in [-0.1, -0.05) is 7.77 Å². The summed E-state index contributed by atoms with van der Waals surface area (Å²) >= 11 is 0. The smallest absolute Gasteiger partial charge is 0.378 e. The number of halogens is 2. The molecular formula is F2NO5S2-. The van der Waals surface area contributed by atoms with Gasteiger partial charge in [0.1, 0.15) is 0 Å². The number of hydrogen-bond donors (Lipinski definition) is 0. The van der Waals surface area contributed by atoms with Gasteiger partial charge in [0.25, 0.3) is 0 Å². The van der Waals surface area contributed by atoms with Crippen molar-refractivity contribution in [1.29, 1.82) is 0 Å². The molecule has 0 aromatic rings. The molecule has 0 radical (unpaired) electrons. The van der Waals surface area contributed by atoms with Crippen LogP contribution in [0.25, 0.3) is 0 Å². The maximum atomic E-state index is 11.2. The first kappa shape index (κ1) is 9.68. The van der Waals surface area contributed by atoms with E-state index in [1.165, 1.54) is 0 Å². The van der Waals surface area contributed by atoms with Crippen LogP contribution in [0.5, 0.6) is 0 Å². The third kappa shape index (κ3) is 2.51. The van der Waals surface area contributed by atoms with Crippen molar-refractivity contribution in [2.24, 2.45) is 0 Å². The van der Waals surface area contributed by atoms with Crippen molar-refractivity contribution in [1.82, 2.24) is 3.87 Å². The Morgan fingerprint density at radius 1 is 1.00 bits per heavy atom. The molecule has 62 valence electrons. The van der Waals surface area contributed by atoms with E-state index in [4.69, 9.17) is 0 Å². The first-order valence-corrected chi connectivity index (χ1v) is 4.20. The Morgan fingerprint density at radius 2 is 1.20 bits per heavy atom. The van der Waals surface area contributed by atoms with Crippen LogP contribution in [-0.4, -0.2) is 20.7 Å². The van der Waals surface area contributed by atoms with Crippen molar-refractivity contribution in [3.63, 3.8) is 0 Å². The van der Waals surface area contributed by atoms with Crippen LogP contribution in [0.4, 0.5) is 7.77 Å². The molecule has 0 aliphatic heterocycles. The van der Waals surface area contributed by atoms with Gasteiger partial charge < -0.3 is 5.21 Å². The van der Waals surface area contributed by atoms with Crippen molar-refractivity contribution in [3.8, 4) is 0 Å². The van der Waals surface area contributed by atoms with Crippen LogP contribution >= 0.6 is 0 Å². The molecule has 0 saturated heterocycles. The fourth-order valence-electron chi connectivity index (χ4n) is 0.106. The summed E-state index contributed by atoms with van der Waals surface area (Å²) in [5, 5.41) is 9.48. The average Bonchev–Trinajstić information content (AvgIpc) is 1.59. The Hall–Kier alpha value is -0.320. The maximum Gasteiger partial charge on any atom is 0.378 e. The van der Waals surface area contributed by atoms with E-state index in [0.717, 1.165) is 0 Å². The van der Waals surface area contributed by atoms with Crippen molar-refractivity contribution < 1.29 is 24.6 Å². The van der Waals surface area contributed by atoms with E-state index in [0.29, 0.717) is 0 Å². The van der Waals surface area contributed by atoms with Gasteiger partial charge in [-0.2, -0.15) is 16.8 Å². The van der Waals surface area contributed by atoms with Gasteiger partial charge in [-0.25, -0.2) is 0 Å². The topological polar surface area (TPSA) is 94.6 Å². The SMILES string of the molecule is O=S(=O)(F)N([O-])S(=O)(=O)F. The molecule has 0 atom stereocenters. The van der Waals surface area contributed by atoms with E-state index in [1.807, 2.05) is 0 Å². The molecular weight excluding hydrogens is 196 g/mol. The van der Waals surface area contributed by atoms with Gasteiger partial charge in [0.05, 0.1) is 0 Å². The Labute approximate surface area is 55.3 Å². The zero-order valence-corrected chi connectivity index (χ0v) is 5.69. The van der Waals surface area contributed by atoms with E-state index in [-0.39, 0.29) is 0 Å². The van der Waals surface area contributed by atoms with Gasteiger partial charge in [0.15, 0.2) is 0 Å². The maximum absolute atomic E-state index is 11.2. The minimum absolute atomic E-state index is 2.26. The lowest BCUT2D eigenvalue weighted by Gasteiger charge is -2.14. The molecule has 0 aliphatic rings. The Morgan fingerprint density at radius 3 is 1.20 bits per heavy atom. The van der Waals surface area contributed by atoms with Gasteiger partial charge in [-0.05, 0) is 0 Å². The summed E-state index contributed by atoms with van der Waals surface area (Å²) in [5.41, 5.74) is 0. The van der Waals surface area contributed by atoms with Gasteiger partial charge in [-0.15, -0.1) is 3.87 Å². The molecule has 0 N–H and O–H groups in total. The molecule has 0 saturated carbocycles. The van der Waals surface area contributed by atoms with Crippen LogP contribution in [0, 0.1) is 5.21 Å². The molecule has 0 aliphatic carbocycles. The summed E-state index contributed by atoms with van der Waals surface area (Å²) in [6, 6.07) is 0. The molecule has 0 amide bonds. The summed E-state index contributed by atoms with van der Waals surface area (Å²) < 4.78 is 57.4. The van der Waals surface area contributed by atoms with Gasteiger partial charge in [0, 0.05) is 0 Å². The monoisotopic (exact) mass is 196 g/mol. The molecule has 0 rings (SSSR count). The molecule has 0 heterocycles. The highest BCUT2D eigenvalue weighted by Gasteiger charge is 2.23. The fraction of sp³-hybridized carbons (Fsp3) is 0. The molecule has 0 aromatic heterocycles. The number of nitrogens with zero attached hydrogens (tertiary/aromatic N) is 1. The third-order valence-corrected chi connectivity index (χ3v) is 2.14. The highest BCUT2D eigenvalue weighted by molar-refractivity contribution is 7.99. The summed E-state index contributed by atoms with van der Waals surface area (Å²) in [6.07, 6.45) is 0. The predicted octanol–water partition coefficient (Wildman–Crippen LogP) is -0.785. The highest BCUT2D eigenvalue weighted by Crippen LogP contribution is 2.08. The Kier molecular flexibility index (Phi) is 2.30. The van der Waals surface area contributed by atoms with Gasteiger partial charge in [0.2, 0.25) is 0 Å². The third-order valence-electron chi connectivity index (χ3n) is 0.356. The van der Waals surface area contributed by atoms with Gasteiger partial charge in [-0.3, -0.25) is 0 Å². The second kappa shape index (κ2) is 2.38. The van der Waals surface area contributed by atoms with Crippen LogP contribution in [0.15, 0.2) is 0 Å². The second-order valence-corrected chi connectivity index (χ2v) is 3.59. The van der Waals surface area contributed by atoms with Crippen LogP contribution in [0.3, 0.4) is 0 Å². The fourth-order valence-corrected chi connectivity index (χ4v) is 0.957. The van der Waals surface area contributed by atoms with E-state index >= 15 is 0 Å². The predicted molar refractivity (Wildman–Crippen MR) is 25.3 cm³/mol. The zero-order valence-electron chi connectivity index (χ0n) is 4.06. The van der Waals surface area contributed by atoms with Crippen LogP contribution in [-0.2, 0) is 20.8 Å². The largest absolute Gasteiger partial charge is 0.755 e. The second-order valence-electron chi connectivity index (χ2n) is 1.05. The first-order valence-electron chi connectivity index (χ1n) is 1.52. The van der Waals surface area contributed by atoms with Gasteiger partial charge >= 0.3 is 20.8 Å². The average molecular weight is 196 g/mol. The van der Waals surface area contributed by atoms with E-state index in [2.05, 4.69) is 0 Å². The number of rotatable bonds is 2. The summed E-state index contributed by atoms with van der Waals surface area (Å²) in [7, 11) is -12.1. The Bertz CT molecular complexity index is 267. The minimum Gasteiger partial charge on any atom is -0.755 e. The lowest BCUT2D eigenvalue weighted by Crippen LogP contribution is -2.24. The van der Waals surface area contributed by atoms with Crippen molar-refractivity contribution in [2.45, 2.75) is 0 Å².